The van der Waals surface area contributed by atoms with Gasteiger partial charge in [-0.25, -0.2) is 19.3 Å². The molecule has 156 valence electrons. The number of rotatable bonds is 4. The number of ether oxygens (including phenoxy) is 1. The second-order valence-electron chi connectivity index (χ2n) is 7.02. The van der Waals surface area contributed by atoms with Gasteiger partial charge in [0.15, 0.2) is 11.6 Å². The summed E-state index contributed by atoms with van der Waals surface area (Å²) in [7, 11) is 1.58. The number of anilines is 1. The molecule has 0 unspecified atom stereocenters. The van der Waals surface area contributed by atoms with Gasteiger partial charge in [0.2, 0.25) is 0 Å². The molecule has 1 fully saturated rings. The van der Waals surface area contributed by atoms with Crippen LogP contribution in [0.5, 0.6) is 5.75 Å². The molecule has 0 saturated carbocycles. The van der Waals surface area contributed by atoms with E-state index in [0.717, 1.165) is 10.7 Å². The van der Waals surface area contributed by atoms with Crippen LogP contribution in [0.25, 0.3) is 11.3 Å². The predicted octanol–water partition coefficient (Wildman–Crippen LogP) is 3.33. The molecule has 1 aromatic carbocycles. The van der Waals surface area contributed by atoms with E-state index in [0.29, 0.717) is 42.4 Å². The first kappa shape index (κ1) is 20.2. The summed E-state index contributed by atoms with van der Waals surface area (Å²) in [6, 6.07) is 7.07. The van der Waals surface area contributed by atoms with Crippen LogP contribution in [0.2, 0.25) is 0 Å². The highest BCUT2D eigenvalue weighted by Gasteiger charge is 2.27. The average molecular weight is 428 g/mol. The van der Waals surface area contributed by atoms with Gasteiger partial charge in [0, 0.05) is 31.7 Å². The second kappa shape index (κ2) is 8.35. The van der Waals surface area contributed by atoms with Gasteiger partial charge in [-0.3, -0.25) is 4.79 Å². The minimum Gasteiger partial charge on any atom is -0.497 e. The minimum absolute atomic E-state index is 0.0140. The zero-order chi connectivity index (χ0) is 21.3. The number of hydrogen-bond donors (Lipinski definition) is 0. The zero-order valence-electron chi connectivity index (χ0n) is 17.1. The molecule has 30 heavy (non-hydrogen) atoms. The van der Waals surface area contributed by atoms with E-state index in [1.165, 1.54) is 17.7 Å². The van der Waals surface area contributed by atoms with E-state index in [1.807, 2.05) is 18.7 Å². The van der Waals surface area contributed by atoms with Crippen molar-refractivity contribution >= 4 is 23.1 Å². The largest absolute Gasteiger partial charge is 0.497 e. The number of piperazine rings is 1. The summed E-state index contributed by atoms with van der Waals surface area (Å²) < 4.78 is 20.4. The number of benzene rings is 1. The Morgan fingerprint density at radius 3 is 2.40 bits per heavy atom. The number of methoxy groups -OCH3 is 1. The molecule has 0 atom stereocenters. The van der Waals surface area contributed by atoms with E-state index in [4.69, 9.17) is 4.74 Å². The third-order valence-corrected chi connectivity index (χ3v) is 6.16. The van der Waals surface area contributed by atoms with Crippen molar-refractivity contribution in [2.24, 2.45) is 0 Å². The van der Waals surface area contributed by atoms with Gasteiger partial charge < -0.3 is 14.5 Å². The molecular formula is C21H22FN5O2S. The Morgan fingerprint density at radius 2 is 1.80 bits per heavy atom. The fraction of sp³-hybridized carbons (Fsp3) is 0.333. The van der Waals surface area contributed by atoms with Crippen molar-refractivity contribution in [3.63, 3.8) is 0 Å². The lowest BCUT2D eigenvalue weighted by atomic mass is 10.1. The number of hydrogen-bond acceptors (Lipinski definition) is 7. The molecule has 7 nitrogen and oxygen atoms in total. The number of amides is 1. The molecule has 0 radical (unpaired) electrons. The molecule has 1 saturated heterocycles. The van der Waals surface area contributed by atoms with Crippen molar-refractivity contribution in [3.05, 3.63) is 52.0 Å². The van der Waals surface area contributed by atoms with E-state index in [2.05, 4.69) is 15.0 Å². The summed E-state index contributed by atoms with van der Waals surface area (Å²) >= 11 is 1.41. The van der Waals surface area contributed by atoms with Crippen LogP contribution in [-0.4, -0.2) is 59.0 Å². The van der Waals surface area contributed by atoms with Crippen molar-refractivity contribution in [3.8, 4) is 17.0 Å². The van der Waals surface area contributed by atoms with Gasteiger partial charge in [-0.1, -0.05) is 0 Å². The highest BCUT2D eigenvalue weighted by atomic mass is 32.1. The maximum atomic E-state index is 15.2. The van der Waals surface area contributed by atoms with E-state index >= 15 is 4.39 Å². The van der Waals surface area contributed by atoms with Crippen molar-refractivity contribution in [1.29, 1.82) is 0 Å². The van der Waals surface area contributed by atoms with Crippen LogP contribution in [0.4, 0.5) is 10.2 Å². The lowest BCUT2D eigenvalue weighted by Gasteiger charge is -2.35. The van der Waals surface area contributed by atoms with Gasteiger partial charge in [-0.15, -0.1) is 11.3 Å². The molecule has 2 aromatic heterocycles. The molecule has 0 aliphatic carbocycles. The minimum atomic E-state index is -0.462. The molecule has 0 spiro atoms. The van der Waals surface area contributed by atoms with Crippen molar-refractivity contribution in [2.75, 3.05) is 38.2 Å². The molecule has 1 amide bonds. The third-order valence-electron chi connectivity index (χ3n) is 5.10. The van der Waals surface area contributed by atoms with Gasteiger partial charge in [-0.2, -0.15) is 0 Å². The Bertz CT molecular complexity index is 1060. The third kappa shape index (κ3) is 3.85. The standard InChI is InChI=1S/C21H22FN5O2S/c1-13-19(30-14(2)25-13)21(28)27-10-8-26(9-11-27)20-17(22)18(23-12-24-20)15-4-6-16(29-3)7-5-15/h4-7,12H,8-11H2,1-3H3. The summed E-state index contributed by atoms with van der Waals surface area (Å²) in [5.41, 5.74) is 1.66. The van der Waals surface area contributed by atoms with E-state index in [-0.39, 0.29) is 17.4 Å². The van der Waals surface area contributed by atoms with Gasteiger partial charge in [0.25, 0.3) is 5.91 Å². The first-order chi connectivity index (χ1) is 14.5. The SMILES string of the molecule is COc1ccc(-c2ncnc(N3CCN(C(=O)c4sc(C)nc4C)CC3)c2F)cc1. The van der Waals surface area contributed by atoms with Crippen LogP contribution in [0, 0.1) is 19.7 Å². The summed E-state index contributed by atoms with van der Waals surface area (Å²) in [5.74, 6) is 0.476. The molecule has 1 aliphatic heterocycles. The topological polar surface area (TPSA) is 71.5 Å². The lowest BCUT2D eigenvalue weighted by molar-refractivity contribution is 0.0750. The normalized spacial score (nSPS) is 14.1. The quantitative estimate of drug-likeness (QED) is 0.636. The maximum absolute atomic E-state index is 15.2. The van der Waals surface area contributed by atoms with Crippen LogP contribution < -0.4 is 9.64 Å². The molecule has 0 N–H and O–H groups in total. The van der Waals surface area contributed by atoms with Crippen molar-refractivity contribution in [1.82, 2.24) is 19.9 Å². The van der Waals surface area contributed by atoms with Crippen LogP contribution in [-0.2, 0) is 0 Å². The Balaban J connectivity index is 1.49. The van der Waals surface area contributed by atoms with Crippen LogP contribution in [0.15, 0.2) is 30.6 Å². The van der Waals surface area contributed by atoms with Gasteiger partial charge >= 0.3 is 0 Å². The number of halogens is 1. The van der Waals surface area contributed by atoms with Crippen molar-refractivity contribution in [2.45, 2.75) is 13.8 Å². The first-order valence-electron chi connectivity index (χ1n) is 9.61. The number of carbonyl (C=O) groups is 1. The first-order valence-corrected chi connectivity index (χ1v) is 10.4. The summed E-state index contributed by atoms with van der Waals surface area (Å²) in [6.45, 7) is 5.73. The number of carbonyl (C=O) groups excluding carboxylic acids is 1. The molecule has 9 heteroatoms. The maximum Gasteiger partial charge on any atom is 0.265 e. The number of thiazole rings is 1. The monoisotopic (exact) mass is 427 g/mol. The smallest absolute Gasteiger partial charge is 0.265 e. The molecule has 4 rings (SSSR count). The molecule has 3 heterocycles. The summed E-state index contributed by atoms with van der Waals surface area (Å²) in [5, 5.41) is 0.878. The van der Waals surface area contributed by atoms with E-state index in [9.17, 15) is 4.79 Å². The predicted molar refractivity (Wildman–Crippen MR) is 114 cm³/mol. The summed E-state index contributed by atoms with van der Waals surface area (Å²) in [6.07, 6.45) is 1.37. The van der Waals surface area contributed by atoms with Crippen LogP contribution >= 0.6 is 11.3 Å². The average Bonchev–Trinajstić information content (AvgIpc) is 3.11. The fourth-order valence-corrected chi connectivity index (χ4v) is 4.41. The van der Waals surface area contributed by atoms with E-state index in [1.54, 1.807) is 36.3 Å². The van der Waals surface area contributed by atoms with Crippen molar-refractivity contribution < 1.29 is 13.9 Å². The fourth-order valence-electron chi connectivity index (χ4n) is 3.53. The summed E-state index contributed by atoms with van der Waals surface area (Å²) in [4.78, 5) is 29.8. The molecule has 0 bridgehead atoms. The van der Waals surface area contributed by atoms with Crippen LogP contribution in [0.3, 0.4) is 0 Å². The lowest BCUT2D eigenvalue weighted by Crippen LogP contribution is -2.49. The Morgan fingerprint density at radius 1 is 1.10 bits per heavy atom. The number of aromatic nitrogens is 3. The van der Waals surface area contributed by atoms with Gasteiger partial charge in [0.1, 0.15) is 22.6 Å². The molecule has 3 aromatic rings. The number of nitrogens with zero attached hydrogens (tertiary/aromatic N) is 5. The Hall–Kier alpha value is -3.07. The highest BCUT2D eigenvalue weighted by Crippen LogP contribution is 2.28. The molecule has 1 aliphatic rings. The Kier molecular flexibility index (Phi) is 5.63. The van der Waals surface area contributed by atoms with Gasteiger partial charge in [0.05, 0.1) is 17.8 Å². The number of aryl methyl sites for hydroxylation is 2. The second-order valence-corrected chi connectivity index (χ2v) is 8.22. The Labute approximate surface area is 178 Å². The zero-order valence-corrected chi connectivity index (χ0v) is 17.9. The van der Waals surface area contributed by atoms with E-state index < -0.39 is 5.82 Å². The van der Waals surface area contributed by atoms with Crippen LogP contribution in [0.1, 0.15) is 20.4 Å². The van der Waals surface area contributed by atoms with Gasteiger partial charge in [-0.05, 0) is 38.1 Å². The molecular weight excluding hydrogens is 405 g/mol. The highest BCUT2D eigenvalue weighted by molar-refractivity contribution is 7.13.